The van der Waals surface area contributed by atoms with Crippen LogP contribution >= 0.6 is 12.4 Å². The van der Waals surface area contributed by atoms with Crippen molar-refractivity contribution >= 4 is 40.9 Å². The van der Waals surface area contributed by atoms with Crippen molar-refractivity contribution < 1.29 is 19.1 Å². The van der Waals surface area contributed by atoms with Crippen molar-refractivity contribution in [3.8, 4) is 0 Å². The maximum Gasteiger partial charge on any atom is 0.261 e. The summed E-state index contributed by atoms with van der Waals surface area (Å²) in [4.78, 5) is 42.6. The van der Waals surface area contributed by atoms with Crippen LogP contribution in [0.2, 0.25) is 0 Å². The summed E-state index contributed by atoms with van der Waals surface area (Å²) in [5, 5.41) is 11.8. The van der Waals surface area contributed by atoms with Crippen molar-refractivity contribution in [3.63, 3.8) is 0 Å². The minimum absolute atomic E-state index is 0. The summed E-state index contributed by atoms with van der Waals surface area (Å²) in [6, 6.07) is 12.5. The van der Waals surface area contributed by atoms with Gasteiger partial charge in [0.25, 0.3) is 5.91 Å². The third-order valence-electron chi connectivity index (χ3n) is 8.11. The van der Waals surface area contributed by atoms with Crippen molar-refractivity contribution in [2.24, 2.45) is 5.92 Å². The Morgan fingerprint density at radius 1 is 1.07 bits per heavy atom. The standard InChI is InChI=1S/C32H48N4O4.ClH/c1-6-23(7-2)22-33-17-11-19-35-29(37)28(21-24-15-16-25-12-8-9-13-26(25)20-24)36(31(39)32(3,4)40-5)30(38)27-14-10-18-34-27;/h8-9,12-13,15-16,20,23,27-28,33-34H,6-7,10-11,14,17-19,21-22H2,1-5H3,(H,35,37);1H/t27-,28+;/m0./s1. The van der Waals surface area contributed by atoms with E-state index in [1.54, 1.807) is 13.8 Å². The van der Waals surface area contributed by atoms with E-state index in [-0.39, 0.29) is 30.6 Å². The highest BCUT2D eigenvalue weighted by atomic mass is 35.5. The lowest BCUT2D eigenvalue weighted by atomic mass is 9.97. The Morgan fingerprint density at radius 3 is 2.41 bits per heavy atom. The predicted octanol–water partition coefficient (Wildman–Crippen LogP) is 4.24. The number of rotatable bonds is 15. The Hall–Kier alpha value is -2.52. The van der Waals surface area contributed by atoms with E-state index in [1.165, 1.54) is 12.0 Å². The van der Waals surface area contributed by atoms with Crippen LogP contribution in [-0.2, 0) is 25.5 Å². The molecule has 1 fully saturated rings. The van der Waals surface area contributed by atoms with Gasteiger partial charge in [-0.1, -0.05) is 69.2 Å². The van der Waals surface area contributed by atoms with E-state index >= 15 is 0 Å². The minimum atomic E-state index is -1.27. The maximum atomic E-state index is 13.8. The second kappa shape index (κ2) is 16.8. The van der Waals surface area contributed by atoms with Gasteiger partial charge in [-0.2, -0.15) is 0 Å². The zero-order valence-corrected chi connectivity index (χ0v) is 26.1. The maximum absolute atomic E-state index is 13.8. The molecule has 1 aliphatic heterocycles. The average Bonchev–Trinajstić information content (AvgIpc) is 3.51. The highest BCUT2D eigenvalue weighted by Crippen LogP contribution is 2.23. The van der Waals surface area contributed by atoms with Crippen molar-refractivity contribution in [2.75, 3.05) is 33.3 Å². The van der Waals surface area contributed by atoms with E-state index in [4.69, 9.17) is 4.74 Å². The van der Waals surface area contributed by atoms with Gasteiger partial charge in [-0.25, -0.2) is 0 Å². The summed E-state index contributed by atoms with van der Waals surface area (Å²) in [6.45, 7) is 10.6. The van der Waals surface area contributed by atoms with E-state index in [1.807, 2.05) is 42.5 Å². The fourth-order valence-electron chi connectivity index (χ4n) is 5.15. The molecule has 0 aromatic heterocycles. The Kier molecular flexibility index (Phi) is 14.2. The zero-order valence-electron chi connectivity index (χ0n) is 25.3. The Morgan fingerprint density at radius 2 is 1.78 bits per heavy atom. The normalized spacial score (nSPS) is 15.9. The van der Waals surface area contributed by atoms with Gasteiger partial charge in [0.1, 0.15) is 11.6 Å². The minimum Gasteiger partial charge on any atom is -0.369 e. The molecule has 3 amide bonds. The molecule has 3 N–H and O–H groups in total. The first-order chi connectivity index (χ1) is 19.2. The molecule has 0 saturated carbocycles. The van der Waals surface area contributed by atoms with Gasteiger partial charge in [0.15, 0.2) is 0 Å². The van der Waals surface area contributed by atoms with Crippen LogP contribution < -0.4 is 16.0 Å². The van der Waals surface area contributed by atoms with E-state index in [0.29, 0.717) is 25.4 Å². The monoisotopic (exact) mass is 588 g/mol. The molecular formula is C32H49ClN4O4. The molecule has 2 aromatic carbocycles. The lowest BCUT2D eigenvalue weighted by Gasteiger charge is -2.36. The van der Waals surface area contributed by atoms with E-state index in [2.05, 4.69) is 29.8 Å². The summed E-state index contributed by atoms with van der Waals surface area (Å²) in [5.41, 5.74) is -0.388. The Bertz CT molecular complexity index is 1130. The van der Waals surface area contributed by atoms with Crippen LogP contribution in [-0.4, -0.2) is 73.6 Å². The third kappa shape index (κ3) is 9.50. The third-order valence-corrected chi connectivity index (χ3v) is 8.11. The van der Waals surface area contributed by atoms with Crippen molar-refractivity contribution in [2.45, 2.75) is 83.9 Å². The number of fused-ring (bicyclic) bond motifs is 1. The number of carbonyl (C=O) groups is 3. The number of benzene rings is 2. The molecule has 0 bridgehead atoms. The number of methoxy groups -OCH3 is 1. The Labute approximate surface area is 251 Å². The van der Waals surface area contributed by atoms with Crippen LogP contribution in [0.3, 0.4) is 0 Å². The van der Waals surface area contributed by atoms with E-state index in [0.717, 1.165) is 55.1 Å². The van der Waals surface area contributed by atoms with E-state index < -0.39 is 23.6 Å². The van der Waals surface area contributed by atoms with Crippen LogP contribution in [0, 0.1) is 5.92 Å². The van der Waals surface area contributed by atoms with Crippen LogP contribution in [0.15, 0.2) is 42.5 Å². The quantitative estimate of drug-likeness (QED) is 0.269. The van der Waals surface area contributed by atoms with Gasteiger partial charge >= 0.3 is 0 Å². The second-order valence-electron chi connectivity index (χ2n) is 11.3. The first kappa shape index (κ1) is 34.7. The lowest BCUT2D eigenvalue weighted by Crippen LogP contribution is -2.61. The average molecular weight is 589 g/mol. The molecule has 0 radical (unpaired) electrons. The number of imide groups is 1. The summed E-state index contributed by atoms with van der Waals surface area (Å²) in [5.74, 6) is -0.568. The number of nitrogens with zero attached hydrogens (tertiary/aromatic N) is 1. The summed E-state index contributed by atoms with van der Waals surface area (Å²) in [7, 11) is 1.45. The topological polar surface area (TPSA) is 99.8 Å². The first-order valence-electron chi connectivity index (χ1n) is 14.8. The van der Waals surface area contributed by atoms with Crippen LogP contribution in [0.4, 0.5) is 0 Å². The number of hydrogen-bond acceptors (Lipinski definition) is 6. The largest absolute Gasteiger partial charge is 0.369 e. The van der Waals surface area contributed by atoms with Gasteiger partial charge in [0.05, 0.1) is 6.04 Å². The molecule has 8 nitrogen and oxygen atoms in total. The Balaban J connectivity index is 0.00000588. The van der Waals surface area contributed by atoms with Gasteiger partial charge in [0.2, 0.25) is 11.8 Å². The molecule has 0 aliphatic carbocycles. The molecule has 0 spiro atoms. The lowest BCUT2D eigenvalue weighted by molar-refractivity contribution is -0.164. The van der Waals surface area contributed by atoms with Gasteiger partial charge in [-0.3, -0.25) is 19.3 Å². The van der Waals surface area contributed by atoms with Crippen LogP contribution in [0.1, 0.15) is 65.4 Å². The van der Waals surface area contributed by atoms with Gasteiger partial charge in [-0.05, 0) is 75.0 Å². The molecule has 3 rings (SSSR count). The molecule has 2 aromatic rings. The smallest absolute Gasteiger partial charge is 0.261 e. The molecular weight excluding hydrogens is 540 g/mol. The number of halogens is 1. The number of hydrogen-bond donors (Lipinski definition) is 3. The van der Waals surface area contributed by atoms with Crippen molar-refractivity contribution in [1.29, 1.82) is 0 Å². The predicted molar refractivity (Wildman–Crippen MR) is 167 cm³/mol. The van der Waals surface area contributed by atoms with Crippen molar-refractivity contribution in [3.05, 3.63) is 48.0 Å². The summed E-state index contributed by atoms with van der Waals surface area (Å²) in [6.07, 6.45) is 4.72. The molecule has 1 heterocycles. The van der Waals surface area contributed by atoms with Gasteiger partial charge in [0, 0.05) is 20.1 Å². The molecule has 1 aliphatic rings. The number of ether oxygens (including phenoxy) is 1. The molecule has 0 unspecified atom stereocenters. The fourth-order valence-corrected chi connectivity index (χ4v) is 5.15. The number of nitrogens with one attached hydrogen (secondary N) is 3. The fraction of sp³-hybridized carbons (Fsp3) is 0.594. The summed E-state index contributed by atoms with van der Waals surface area (Å²) >= 11 is 0. The second-order valence-corrected chi connectivity index (χ2v) is 11.3. The SMILES string of the molecule is CCC(CC)CNCCCNC(=O)[C@@H](Cc1ccc2ccccc2c1)N(C(=O)[C@@H]1CCCN1)C(=O)C(C)(C)OC.Cl. The molecule has 1 saturated heterocycles. The number of amides is 3. The van der Waals surface area contributed by atoms with Crippen molar-refractivity contribution in [1.82, 2.24) is 20.9 Å². The molecule has 2 atom stereocenters. The van der Waals surface area contributed by atoms with Crippen LogP contribution in [0.5, 0.6) is 0 Å². The molecule has 9 heteroatoms. The first-order valence-corrected chi connectivity index (χ1v) is 14.8. The zero-order chi connectivity index (χ0) is 29.1. The van der Waals surface area contributed by atoms with E-state index in [9.17, 15) is 14.4 Å². The molecule has 228 valence electrons. The van der Waals surface area contributed by atoms with Crippen LogP contribution in [0.25, 0.3) is 10.8 Å². The van der Waals surface area contributed by atoms with Gasteiger partial charge in [-0.15, -0.1) is 12.4 Å². The number of carbonyl (C=O) groups excluding carboxylic acids is 3. The highest BCUT2D eigenvalue weighted by Gasteiger charge is 2.44. The highest BCUT2D eigenvalue weighted by molar-refractivity contribution is 6.05. The summed E-state index contributed by atoms with van der Waals surface area (Å²) < 4.78 is 5.49. The van der Waals surface area contributed by atoms with Gasteiger partial charge < -0.3 is 20.7 Å². The molecule has 41 heavy (non-hydrogen) atoms.